The molecule has 2 unspecified atom stereocenters. The van der Waals surface area contributed by atoms with Crippen molar-refractivity contribution >= 4 is 11.9 Å². The zero-order valence-corrected chi connectivity index (χ0v) is 6.69. The molecule has 2 aliphatic rings. The van der Waals surface area contributed by atoms with Crippen LogP contribution in [0.4, 0.5) is 4.79 Å². The van der Waals surface area contributed by atoms with Crippen LogP contribution in [0.5, 0.6) is 0 Å². The molecule has 0 aromatic carbocycles. The quantitative estimate of drug-likeness (QED) is 0.585. The van der Waals surface area contributed by atoms with Gasteiger partial charge in [-0.3, -0.25) is 9.69 Å². The van der Waals surface area contributed by atoms with Gasteiger partial charge < -0.3 is 5.11 Å². The molecule has 0 aromatic heterocycles. The third-order valence-electron chi connectivity index (χ3n) is 2.82. The molecule has 2 atom stereocenters. The maximum Gasteiger partial charge on any atom is 0.408 e. The van der Waals surface area contributed by atoms with Gasteiger partial charge in [-0.05, 0) is 19.3 Å². The number of fused-ring (bicyclic) bond motifs is 2. The van der Waals surface area contributed by atoms with E-state index in [1.807, 2.05) is 0 Å². The molecule has 2 bridgehead atoms. The predicted octanol–water partition coefficient (Wildman–Crippen LogP) is 0.860. The Bertz CT molecular complexity index is 238. The van der Waals surface area contributed by atoms with Crippen molar-refractivity contribution in [1.82, 2.24) is 4.90 Å². The van der Waals surface area contributed by atoms with Crippen molar-refractivity contribution in [3.05, 3.63) is 0 Å². The van der Waals surface area contributed by atoms with Gasteiger partial charge in [0.1, 0.15) is 0 Å². The molecule has 66 valence electrons. The lowest BCUT2D eigenvalue weighted by atomic mass is 10.0. The van der Waals surface area contributed by atoms with E-state index in [1.54, 1.807) is 0 Å². The molecule has 0 spiro atoms. The minimum Gasteiger partial charge on any atom is -0.465 e. The number of carbonyl (C=O) groups is 2. The lowest BCUT2D eigenvalue weighted by Gasteiger charge is -2.30. The third-order valence-corrected chi connectivity index (χ3v) is 2.82. The summed E-state index contributed by atoms with van der Waals surface area (Å²) in [6, 6.07) is -0.202. The van der Waals surface area contributed by atoms with E-state index in [9.17, 15) is 9.59 Å². The van der Waals surface area contributed by atoms with Crippen molar-refractivity contribution < 1.29 is 14.7 Å². The maximum atomic E-state index is 11.3. The van der Waals surface area contributed by atoms with E-state index >= 15 is 0 Å². The van der Waals surface area contributed by atoms with Gasteiger partial charge in [-0.25, -0.2) is 4.79 Å². The zero-order chi connectivity index (χ0) is 8.72. The summed E-state index contributed by atoms with van der Waals surface area (Å²) in [7, 11) is 0. The zero-order valence-electron chi connectivity index (χ0n) is 6.69. The van der Waals surface area contributed by atoms with Gasteiger partial charge in [0.05, 0.1) is 6.04 Å². The number of hydrogen-bond donors (Lipinski definition) is 1. The van der Waals surface area contributed by atoms with Gasteiger partial charge in [-0.15, -0.1) is 0 Å². The second-order valence-electron chi connectivity index (χ2n) is 3.44. The van der Waals surface area contributed by atoms with Crippen molar-refractivity contribution in [1.29, 1.82) is 0 Å². The van der Waals surface area contributed by atoms with Gasteiger partial charge in [0.2, 0.25) is 0 Å². The monoisotopic (exact) mass is 169 g/mol. The Hall–Kier alpha value is -1.06. The van der Waals surface area contributed by atoms with Gasteiger partial charge in [0.15, 0.2) is 5.78 Å². The lowest BCUT2D eigenvalue weighted by molar-refractivity contribution is -0.125. The van der Waals surface area contributed by atoms with Crippen LogP contribution in [0, 0.1) is 0 Å². The fraction of sp³-hybridized carbons (Fsp3) is 0.750. The summed E-state index contributed by atoms with van der Waals surface area (Å²) in [6.07, 6.45) is 1.95. The molecule has 2 aliphatic heterocycles. The van der Waals surface area contributed by atoms with Crippen LogP contribution >= 0.6 is 0 Å². The maximum absolute atomic E-state index is 11.3. The van der Waals surface area contributed by atoms with E-state index in [0.29, 0.717) is 6.42 Å². The average Bonchev–Trinajstić information content (AvgIpc) is 2.35. The predicted molar refractivity (Wildman–Crippen MR) is 40.9 cm³/mol. The van der Waals surface area contributed by atoms with Crippen LogP contribution in [0.3, 0.4) is 0 Å². The molecule has 12 heavy (non-hydrogen) atoms. The lowest BCUT2D eigenvalue weighted by Crippen LogP contribution is -2.47. The Balaban J connectivity index is 2.24. The smallest absolute Gasteiger partial charge is 0.408 e. The van der Waals surface area contributed by atoms with Crippen LogP contribution in [-0.4, -0.2) is 34.0 Å². The van der Waals surface area contributed by atoms with Crippen molar-refractivity contribution in [2.75, 3.05) is 0 Å². The molecular formula is C8H11NO3. The van der Waals surface area contributed by atoms with Crippen LogP contribution < -0.4 is 0 Å². The van der Waals surface area contributed by atoms with Crippen LogP contribution in [0.1, 0.15) is 25.7 Å². The molecule has 2 rings (SSSR count). The first-order valence-electron chi connectivity index (χ1n) is 4.24. The molecule has 1 N–H and O–H groups in total. The van der Waals surface area contributed by atoms with E-state index in [4.69, 9.17) is 5.11 Å². The van der Waals surface area contributed by atoms with E-state index in [2.05, 4.69) is 0 Å². The summed E-state index contributed by atoms with van der Waals surface area (Å²) < 4.78 is 0. The van der Waals surface area contributed by atoms with Crippen molar-refractivity contribution in [3.8, 4) is 0 Å². The van der Waals surface area contributed by atoms with Crippen molar-refractivity contribution in [2.45, 2.75) is 37.8 Å². The van der Waals surface area contributed by atoms with E-state index < -0.39 is 6.09 Å². The highest BCUT2D eigenvalue weighted by atomic mass is 16.4. The highest BCUT2D eigenvalue weighted by Gasteiger charge is 2.44. The molecule has 2 saturated heterocycles. The van der Waals surface area contributed by atoms with Gasteiger partial charge in [-0.2, -0.15) is 0 Å². The highest BCUT2D eigenvalue weighted by Crippen LogP contribution is 2.33. The number of piperidine rings is 1. The number of amides is 1. The molecule has 0 aliphatic carbocycles. The first-order valence-corrected chi connectivity index (χ1v) is 4.24. The highest BCUT2D eigenvalue weighted by molar-refractivity contribution is 5.89. The summed E-state index contributed by atoms with van der Waals surface area (Å²) in [4.78, 5) is 23.3. The number of nitrogens with zero attached hydrogens (tertiary/aromatic N) is 1. The minimum absolute atomic E-state index is 0.103. The number of ketones is 1. The summed E-state index contributed by atoms with van der Waals surface area (Å²) in [6.45, 7) is 0. The van der Waals surface area contributed by atoms with Gasteiger partial charge >= 0.3 is 6.09 Å². The normalized spacial score (nSPS) is 34.0. The fourth-order valence-electron chi connectivity index (χ4n) is 2.25. The molecule has 0 saturated carbocycles. The van der Waals surface area contributed by atoms with Gasteiger partial charge in [0.25, 0.3) is 0 Å². The number of Topliss-reactive ketones (excluding diaryl/α,β-unsaturated/α-hetero) is 1. The molecule has 2 heterocycles. The molecule has 0 aromatic rings. The van der Waals surface area contributed by atoms with E-state index in [1.165, 1.54) is 4.90 Å². The largest absolute Gasteiger partial charge is 0.465 e. The Kier molecular flexibility index (Phi) is 1.56. The number of carboxylic acid groups (broad SMARTS) is 1. The van der Waals surface area contributed by atoms with Crippen LogP contribution in [0.15, 0.2) is 0 Å². The Morgan fingerprint density at radius 2 is 2.17 bits per heavy atom. The Labute approximate surface area is 70.2 Å². The molecule has 2 fully saturated rings. The first-order chi connectivity index (χ1) is 5.70. The van der Waals surface area contributed by atoms with Gasteiger partial charge in [0, 0.05) is 12.5 Å². The molecule has 1 amide bonds. The second kappa shape index (κ2) is 2.47. The van der Waals surface area contributed by atoms with Crippen LogP contribution in [0.25, 0.3) is 0 Å². The van der Waals surface area contributed by atoms with Crippen LogP contribution in [0.2, 0.25) is 0 Å². The van der Waals surface area contributed by atoms with Crippen molar-refractivity contribution in [2.24, 2.45) is 0 Å². The summed E-state index contributed by atoms with van der Waals surface area (Å²) in [5, 5.41) is 8.81. The summed E-state index contributed by atoms with van der Waals surface area (Å²) in [5.41, 5.74) is 0. The molecular weight excluding hydrogens is 158 g/mol. The third kappa shape index (κ3) is 0.906. The number of rotatable bonds is 0. The molecule has 0 radical (unpaired) electrons. The Morgan fingerprint density at radius 1 is 1.42 bits per heavy atom. The first kappa shape index (κ1) is 7.58. The average molecular weight is 169 g/mol. The minimum atomic E-state index is -0.935. The SMILES string of the molecule is O=C1CCC2CCC1N2C(=O)O. The summed E-state index contributed by atoms with van der Waals surface area (Å²) in [5.74, 6) is 0.103. The Morgan fingerprint density at radius 3 is 2.75 bits per heavy atom. The van der Waals surface area contributed by atoms with Crippen LogP contribution in [-0.2, 0) is 4.79 Å². The van der Waals surface area contributed by atoms with E-state index in [0.717, 1.165) is 19.3 Å². The second-order valence-corrected chi connectivity index (χ2v) is 3.44. The number of hydrogen-bond acceptors (Lipinski definition) is 2. The summed E-state index contributed by atoms with van der Waals surface area (Å²) >= 11 is 0. The molecule has 4 nitrogen and oxygen atoms in total. The standard InChI is InChI=1S/C8H11NO3/c10-7-4-2-5-1-3-6(7)9(5)8(11)12/h5-6H,1-4H2,(H,11,12). The molecule has 4 heteroatoms. The number of carbonyl (C=O) groups excluding carboxylic acids is 1. The van der Waals surface area contributed by atoms with Gasteiger partial charge in [-0.1, -0.05) is 0 Å². The fourth-order valence-corrected chi connectivity index (χ4v) is 2.25. The topological polar surface area (TPSA) is 57.6 Å². The van der Waals surface area contributed by atoms with E-state index in [-0.39, 0.29) is 17.9 Å². The van der Waals surface area contributed by atoms with Crippen molar-refractivity contribution in [3.63, 3.8) is 0 Å².